The van der Waals surface area contributed by atoms with Crippen molar-refractivity contribution in [3.05, 3.63) is 76.1 Å². The van der Waals surface area contributed by atoms with E-state index in [4.69, 9.17) is 0 Å². The van der Waals surface area contributed by atoms with Crippen LogP contribution < -0.4 is 5.32 Å². The summed E-state index contributed by atoms with van der Waals surface area (Å²) in [5.74, 6) is -1.76. The molecule has 0 bridgehead atoms. The van der Waals surface area contributed by atoms with Gasteiger partial charge >= 0.3 is 0 Å². The lowest BCUT2D eigenvalue weighted by molar-refractivity contribution is -0.110. The molecule has 4 heterocycles. The summed E-state index contributed by atoms with van der Waals surface area (Å²) < 4.78 is 29.5. The van der Waals surface area contributed by atoms with Crippen LogP contribution in [0.4, 0.5) is 14.5 Å². The molecule has 2 amide bonds. The van der Waals surface area contributed by atoms with Crippen LogP contribution >= 0.6 is 0 Å². The molecule has 0 unspecified atom stereocenters. The molecular weight excluding hydrogens is 498 g/mol. The SMILES string of the molecule is Cc1[nH]c(C=C2C(=O)Nc3cccc(-c4c(F)cccc4F)c32)c(C)c1C(=O)N1CCC(N2CCCC2)CC1. The summed E-state index contributed by atoms with van der Waals surface area (Å²) >= 11 is 0. The van der Waals surface area contributed by atoms with E-state index >= 15 is 0 Å². The number of anilines is 1. The highest BCUT2D eigenvalue weighted by Crippen LogP contribution is 2.42. The van der Waals surface area contributed by atoms with Crippen molar-refractivity contribution in [1.29, 1.82) is 0 Å². The first-order chi connectivity index (χ1) is 18.8. The number of carbonyl (C=O) groups excluding carboxylic acids is 2. The number of piperidine rings is 1. The zero-order valence-corrected chi connectivity index (χ0v) is 22.2. The zero-order valence-electron chi connectivity index (χ0n) is 22.2. The number of carbonyl (C=O) groups is 2. The Hall–Kier alpha value is -3.78. The van der Waals surface area contributed by atoms with Crippen LogP contribution in [0.15, 0.2) is 36.4 Å². The number of aryl methyl sites for hydroxylation is 1. The maximum atomic E-state index is 14.7. The Bertz CT molecular complexity index is 1470. The molecule has 0 atom stereocenters. The summed E-state index contributed by atoms with van der Waals surface area (Å²) in [7, 11) is 0. The lowest BCUT2D eigenvalue weighted by Gasteiger charge is -2.36. The van der Waals surface area contributed by atoms with E-state index in [1.54, 1.807) is 24.3 Å². The zero-order chi connectivity index (χ0) is 27.3. The number of aromatic amines is 1. The number of aromatic nitrogens is 1. The molecular formula is C31H32F2N4O2. The van der Waals surface area contributed by atoms with Gasteiger partial charge in [0.2, 0.25) is 0 Å². The second-order valence-electron chi connectivity index (χ2n) is 10.8. The number of H-pyrrole nitrogens is 1. The largest absolute Gasteiger partial charge is 0.358 e. The van der Waals surface area contributed by atoms with Gasteiger partial charge in [0.05, 0.1) is 16.7 Å². The third-order valence-corrected chi connectivity index (χ3v) is 8.45. The quantitative estimate of drug-likeness (QED) is 0.421. The fraction of sp³-hybridized carbons (Fsp3) is 0.355. The van der Waals surface area contributed by atoms with Gasteiger partial charge in [-0.05, 0) is 88.0 Å². The molecule has 6 rings (SSSR count). The van der Waals surface area contributed by atoms with Crippen molar-refractivity contribution in [1.82, 2.24) is 14.8 Å². The van der Waals surface area contributed by atoms with E-state index in [1.807, 2.05) is 18.7 Å². The summed E-state index contributed by atoms with van der Waals surface area (Å²) in [4.78, 5) is 34.4. The molecule has 1 aromatic heterocycles. The van der Waals surface area contributed by atoms with Crippen LogP contribution in [-0.4, -0.2) is 58.8 Å². The van der Waals surface area contributed by atoms with E-state index in [0.717, 1.165) is 50.3 Å². The molecule has 202 valence electrons. The van der Waals surface area contributed by atoms with Gasteiger partial charge in [-0.25, -0.2) is 8.78 Å². The van der Waals surface area contributed by atoms with Crippen molar-refractivity contribution >= 4 is 29.2 Å². The van der Waals surface area contributed by atoms with E-state index in [1.165, 1.54) is 31.0 Å². The van der Waals surface area contributed by atoms with Crippen LogP contribution in [0.5, 0.6) is 0 Å². The molecule has 3 aliphatic rings. The predicted octanol–water partition coefficient (Wildman–Crippen LogP) is 5.77. The Kier molecular flexibility index (Phi) is 6.59. The predicted molar refractivity (Wildman–Crippen MR) is 148 cm³/mol. The van der Waals surface area contributed by atoms with Gasteiger partial charge in [-0.15, -0.1) is 0 Å². The molecule has 3 aliphatic heterocycles. The topological polar surface area (TPSA) is 68.4 Å². The number of halogens is 2. The number of fused-ring (bicyclic) bond motifs is 1. The van der Waals surface area contributed by atoms with Gasteiger partial charge in [-0.2, -0.15) is 0 Å². The van der Waals surface area contributed by atoms with E-state index in [2.05, 4.69) is 15.2 Å². The Balaban J connectivity index is 1.32. The normalized spacial score (nSPS) is 19.1. The minimum absolute atomic E-state index is 0.00355. The molecule has 0 radical (unpaired) electrons. The third kappa shape index (κ3) is 4.46. The average molecular weight is 531 g/mol. The molecule has 39 heavy (non-hydrogen) atoms. The van der Waals surface area contributed by atoms with Crippen molar-refractivity contribution in [3.8, 4) is 11.1 Å². The molecule has 0 spiro atoms. The van der Waals surface area contributed by atoms with Gasteiger partial charge < -0.3 is 20.1 Å². The molecule has 2 fully saturated rings. The Morgan fingerprint density at radius 2 is 1.62 bits per heavy atom. The van der Waals surface area contributed by atoms with Gasteiger partial charge in [0.15, 0.2) is 0 Å². The molecule has 2 aromatic carbocycles. The van der Waals surface area contributed by atoms with Crippen LogP contribution in [0, 0.1) is 25.5 Å². The minimum Gasteiger partial charge on any atom is -0.358 e. The van der Waals surface area contributed by atoms with E-state index in [9.17, 15) is 18.4 Å². The number of amides is 2. The van der Waals surface area contributed by atoms with Crippen molar-refractivity contribution in [2.24, 2.45) is 0 Å². The van der Waals surface area contributed by atoms with Crippen LogP contribution in [-0.2, 0) is 4.79 Å². The molecule has 6 nitrogen and oxygen atoms in total. The van der Waals surface area contributed by atoms with Crippen molar-refractivity contribution in [2.75, 3.05) is 31.5 Å². The first-order valence-corrected chi connectivity index (χ1v) is 13.7. The van der Waals surface area contributed by atoms with Gasteiger partial charge in [-0.1, -0.05) is 18.2 Å². The molecule has 2 saturated heterocycles. The van der Waals surface area contributed by atoms with Crippen LogP contribution in [0.1, 0.15) is 58.6 Å². The standard InChI is InChI=1S/C31H32F2N4O2/c1-18-26(34-19(2)27(18)31(39)37-15-11-20(12-16-37)36-13-3-4-14-36)17-22-28-21(7-5-10-25(28)35-30(22)38)29-23(32)8-6-9-24(29)33/h5-10,17,20,34H,3-4,11-16H2,1-2H3,(H,35,38). The number of hydrogen-bond acceptors (Lipinski definition) is 3. The molecule has 8 heteroatoms. The highest BCUT2D eigenvalue weighted by molar-refractivity contribution is 6.36. The number of hydrogen-bond donors (Lipinski definition) is 2. The Morgan fingerprint density at radius 3 is 2.31 bits per heavy atom. The number of nitrogens with zero attached hydrogens (tertiary/aromatic N) is 2. The van der Waals surface area contributed by atoms with Crippen LogP contribution in [0.3, 0.4) is 0 Å². The highest BCUT2D eigenvalue weighted by atomic mass is 19.1. The summed E-state index contributed by atoms with van der Waals surface area (Å²) in [5.41, 5.74) is 4.08. The van der Waals surface area contributed by atoms with Gasteiger partial charge in [0, 0.05) is 41.8 Å². The first kappa shape index (κ1) is 25.5. The van der Waals surface area contributed by atoms with Crippen LogP contribution in [0.2, 0.25) is 0 Å². The number of likely N-dealkylation sites (tertiary alicyclic amines) is 2. The highest BCUT2D eigenvalue weighted by Gasteiger charge is 2.32. The number of rotatable bonds is 4. The summed E-state index contributed by atoms with van der Waals surface area (Å²) in [6.45, 7) is 7.52. The van der Waals surface area contributed by atoms with Gasteiger partial charge in [0.25, 0.3) is 11.8 Å². The van der Waals surface area contributed by atoms with E-state index in [0.29, 0.717) is 34.1 Å². The molecule has 2 N–H and O–H groups in total. The summed E-state index contributed by atoms with van der Waals surface area (Å²) in [6, 6.07) is 9.27. The van der Waals surface area contributed by atoms with Crippen LogP contribution in [0.25, 0.3) is 22.8 Å². The summed E-state index contributed by atoms with van der Waals surface area (Å²) in [5, 5.41) is 2.81. The second-order valence-corrected chi connectivity index (χ2v) is 10.8. The second kappa shape index (κ2) is 10.1. The maximum absolute atomic E-state index is 14.7. The van der Waals surface area contributed by atoms with Crippen molar-refractivity contribution in [3.63, 3.8) is 0 Å². The lowest BCUT2D eigenvalue weighted by atomic mass is 9.93. The van der Waals surface area contributed by atoms with Crippen molar-refractivity contribution in [2.45, 2.75) is 45.6 Å². The average Bonchev–Trinajstić information content (AvgIpc) is 3.63. The lowest BCUT2D eigenvalue weighted by Crippen LogP contribution is -2.46. The fourth-order valence-electron chi connectivity index (χ4n) is 6.43. The molecule has 3 aromatic rings. The Morgan fingerprint density at radius 1 is 0.949 bits per heavy atom. The third-order valence-electron chi connectivity index (χ3n) is 8.45. The van der Waals surface area contributed by atoms with Crippen molar-refractivity contribution < 1.29 is 18.4 Å². The van der Waals surface area contributed by atoms with Gasteiger partial charge in [0.1, 0.15) is 11.6 Å². The maximum Gasteiger partial charge on any atom is 0.256 e. The number of nitrogens with one attached hydrogen (secondary N) is 2. The smallest absolute Gasteiger partial charge is 0.256 e. The monoisotopic (exact) mass is 530 g/mol. The number of benzene rings is 2. The van der Waals surface area contributed by atoms with Gasteiger partial charge in [-0.3, -0.25) is 9.59 Å². The minimum atomic E-state index is -0.699. The molecule has 0 aliphatic carbocycles. The fourth-order valence-corrected chi connectivity index (χ4v) is 6.43. The van der Waals surface area contributed by atoms with E-state index in [-0.39, 0.29) is 23.0 Å². The first-order valence-electron chi connectivity index (χ1n) is 13.7. The Labute approximate surface area is 226 Å². The van der Waals surface area contributed by atoms with E-state index < -0.39 is 11.6 Å². The summed E-state index contributed by atoms with van der Waals surface area (Å²) in [6.07, 6.45) is 6.17. The molecule has 0 saturated carbocycles.